The summed E-state index contributed by atoms with van der Waals surface area (Å²) in [5.41, 5.74) is 5.68. The van der Waals surface area contributed by atoms with E-state index in [0.29, 0.717) is 11.3 Å². The third-order valence-corrected chi connectivity index (χ3v) is 5.50. The Labute approximate surface area is 181 Å². The second-order valence-electron chi connectivity index (χ2n) is 7.68. The first kappa shape index (κ1) is 21.0. The molecule has 0 atom stereocenters. The van der Waals surface area contributed by atoms with Crippen molar-refractivity contribution in [2.45, 2.75) is 19.9 Å². The highest BCUT2D eigenvalue weighted by atomic mass is 19.1. The van der Waals surface area contributed by atoms with Crippen molar-refractivity contribution in [1.29, 1.82) is 0 Å². The van der Waals surface area contributed by atoms with Gasteiger partial charge in [0.2, 0.25) is 5.91 Å². The summed E-state index contributed by atoms with van der Waals surface area (Å²) >= 11 is 0. The summed E-state index contributed by atoms with van der Waals surface area (Å²) in [6.45, 7) is 5.61. The second-order valence-corrected chi connectivity index (χ2v) is 7.68. The van der Waals surface area contributed by atoms with Gasteiger partial charge in [0.25, 0.3) is 0 Å². The Balaban J connectivity index is 1.37. The lowest BCUT2D eigenvalue weighted by Gasteiger charge is -2.29. The molecule has 1 fully saturated rings. The zero-order chi connectivity index (χ0) is 21.6. The third-order valence-electron chi connectivity index (χ3n) is 5.50. The number of nitrogens with zero attached hydrogens (tertiary/aromatic N) is 2. The summed E-state index contributed by atoms with van der Waals surface area (Å²) in [6.07, 6.45) is 1.96. The van der Waals surface area contributed by atoms with Crippen molar-refractivity contribution >= 4 is 11.6 Å². The second kappa shape index (κ2) is 9.71. The van der Waals surface area contributed by atoms with Crippen LogP contribution < -0.4 is 10.2 Å². The summed E-state index contributed by atoms with van der Waals surface area (Å²) in [5.74, 6) is -0.505. The Kier molecular flexibility index (Phi) is 6.57. The van der Waals surface area contributed by atoms with Crippen molar-refractivity contribution in [3.05, 3.63) is 83.4 Å². The van der Waals surface area contributed by atoms with Crippen molar-refractivity contribution in [3.8, 4) is 11.1 Å². The van der Waals surface area contributed by atoms with Crippen molar-refractivity contribution in [2.24, 2.45) is 0 Å². The quantitative estimate of drug-likeness (QED) is 0.659. The van der Waals surface area contributed by atoms with E-state index in [-0.39, 0.29) is 24.7 Å². The minimum Gasteiger partial charge on any atom is -0.378 e. The average Bonchev–Trinajstić information content (AvgIpc) is 2.80. The molecule has 1 saturated heterocycles. The number of morpholine rings is 1. The third kappa shape index (κ3) is 5.27. The van der Waals surface area contributed by atoms with Crippen LogP contribution >= 0.6 is 0 Å². The molecule has 1 N–H and O–H groups in total. The number of hydrogen-bond acceptors (Lipinski definition) is 4. The van der Waals surface area contributed by atoms with Crippen molar-refractivity contribution in [3.63, 3.8) is 0 Å². The lowest BCUT2D eigenvalue weighted by molar-refractivity contribution is -0.120. The van der Waals surface area contributed by atoms with Crippen molar-refractivity contribution < 1.29 is 13.9 Å². The molecule has 0 unspecified atom stereocenters. The zero-order valence-corrected chi connectivity index (χ0v) is 17.6. The van der Waals surface area contributed by atoms with Crippen LogP contribution in [-0.4, -0.2) is 37.2 Å². The molecule has 3 aromatic rings. The molecule has 1 aliphatic heterocycles. The highest BCUT2D eigenvalue weighted by molar-refractivity contribution is 5.78. The van der Waals surface area contributed by atoms with Gasteiger partial charge in [-0.3, -0.25) is 9.78 Å². The van der Waals surface area contributed by atoms with Gasteiger partial charge in [-0.25, -0.2) is 4.39 Å². The Morgan fingerprint density at radius 1 is 1.13 bits per heavy atom. The van der Waals surface area contributed by atoms with Crippen LogP contribution in [-0.2, 0) is 22.5 Å². The molecule has 2 aromatic carbocycles. The molecule has 5 nitrogen and oxygen atoms in total. The van der Waals surface area contributed by atoms with E-state index in [0.717, 1.165) is 37.4 Å². The summed E-state index contributed by atoms with van der Waals surface area (Å²) in [4.78, 5) is 19.0. The summed E-state index contributed by atoms with van der Waals surface area (Å²) in [6, 6.07) is 16.7. The normalized spacial score (nSPS) is 13.8. The maximum absolute atomic E-state index is 13.7. The number of amides is 1. The molecule has 31 heavy (non-hydrogen) atoms. The number of carbonyl (C=O) groups excluding carboxylic acids is 1. The van der Waals surface area contributed by atoms with Crippen molar-refractivity contribution in [1.82, 2.24) is 10.3 Å². The summed E-state index contributed by atoms with van der Waals surface area (Å²) in [7, 11) is 0. The number of benzene rings is 2. The molecule has 6 heteroatoms. The number of anilines is 1. The first-order chi connectivity index (χ1) is 15.1. The van der Waals surface area contributed by atoms with Gasteiger partial charge in [-0.2, -0.15) is 0 Å². The van der Waals surface area contributed by atoms with Gasteiger partial charge < -0.3 is 15.0 Å². The fourth-order valence-electron chi connectivity index (χ4n) is 3.74. The largest absolute Gasteiger partial charge is 0.378 e. The van der Waals surface area contributed by atoms with E-state index in [1.807, 2.05) is 12.1 Å². The first-order valence-electron chi connectivity index (χ1n) is 10.5. The molecule has 2 heterocycles. The van der Waals surface area contributed by atoms with E-state index in [2.05, 4.69) is 40.3 Å². The van der Waals surface area contributed by atoms with Crippen LogP contribution in [0.2, 0.25) is 0 Å². The molecule has 0 spiro atoms. The number of carbonyl (C=O) groups is 1. The maximum Gasteiger partial charge on any atom is 0.226 e. The Morgan fingerprint density at radius 3 is 2.65 bits per heavy atom. The molecule has 0 radical (unpaired) electrons. The highest BCUT2D eigenvalue weighted by Gasteiger charge is 2.13. The van der Waals surface area contributed by atoms with Gasteiger partial charge in [-0.05, 0) is 42.3 Å². The van der Waals surface area contributed by atoms with Crippen LogP contribution in [0.15, 0.2) is 60.8 Å². The Morgan fingerprint density at radius 2 is 1.94 bits per heavy atom. The van der Waals surface area contributed by atoms with E-state index in [1.165, 1.54) is 17.3 Å². The number of aryl methyl sites for hydroxylation is 1. The molecule has 1 aromatic heterocycles. The molecule has 0 aliphatic carbocycles. The smallest absolute Gasteiger partial charge is 0.226 e. The predicted octanol–water partition coefficient (Wildman–Crippen LogP) is 3.89. The number of ether oxygens (including phenoxy) is 1. The lowest BCUT2D eigenvalue weighted by atomic mass is 10.0. The SMILES string of the molecule is Cc1cc(N2CCOCC2)ccc1-c1ccc(CC(=O)NCc2ccccc2F)nc1. The van der Waals surface area contributed by atoms with E-state index >= 15 is 0 Å². The molecule has 1 aliphatic rings. The Hall–Kier alpha value is -3.25. The number of aromatic nitrogens is 1. The number of hydrogen-bond donors (Lipinski definition) is 1. The number of rotatable bonds is 6. The minimum absolute atomic E-state index is 0.156. The Bertz CT molecular complexity index is 1050. The summed E-state index contributed by atoms with van der Waals surface area (Å²) < 4.78 is 19.1. The van der Waals surface area contributed by atoms with E-state index in [1.54, 1.807) is 24.4 Å². The van der Waals surface area contributed by atoms with Gasteiger partial charge in [-0.1, -0.05) is 30.3 Å². The van der Waals surface area contributed by atoms with E-state index in [4.69, 9.17) is 4.74 Å². The molecular weight excluding hydrogens is 393 g/mol. The predicted molar refractivity (Wildman–Crippen MR) is 119 cm³/mol. The first-order valence-corrected chi connectivity index (χ1v) is 10.5. The fourth-order valence-corrected chi connectivity index (χ4v) is 3.74. The van der Waals surface area contributed by atoms with Gasteiger partial charge in [-0.15, -0.1) is 0 Å². The molecule has 1 amide bonds. The topological polar surface area (TPSA) is 54.5 Å². The van der Waals surface area contributed by atoms with Crippen LogP contribution in [0, 0.1) is 12.7 Å². The number of halogens is 1. The average molecular weight is 420 g/mol. The van der Waals surface area contributed by atoms with Crippen LogP contribution in [0.5, 0.6) is 0 Å². The lowest BCUT2D eigenvalue weighted by Crippen LogP contribution is -2.36. The van der Waals surface area contributed by atoms with E-state index in [9.17, 15) is 9.18 Å². The van der Waals surface area contributed by atoms with Crippen LogP contribution in [0.4, 0.5) is 10.1 Å². The standard InChI is InChI=1S/C25H26FN3O2/c1-18-14-22(29-10-12-31-13-11-29)8-9-23(18)19-6-7-21(27-16-19)15-25(30)28-17-20-4-2-3-5-24(20)26/h2-9,14,16H,10-13,15,17H2,1H3,(H,28,30). The minimum atomic E-state index is -0.319. The molecule has 4 rings (SSSR count). The number of nitrogens with one attached hydrogen (secondary N) is 1. The van der Waals surface area contributed by atoms with E-state index < -0.39 is 0 Å². The van der Waals surface area contributed by atoms with Crippen LogP contribution in [0.25, 0.3) is 11.1 Å². The molecular formula is C25H26FN3O2. The molecule has 0 bridgehead atoms. The fraction of sp³-hybridized carbons (Fsp3) is 0.280. The highest BCUT2D eigenvalue weighted by Crippen LogP contribution is 2.27. The van der Waals surface area contributed by atoms with Crippen molar-refractivity contribution in [2.75, 3.05) is 31.2 Å². The number of pyridine rings is 1. The zero-order valence-electron chi connectivity index (χ0n) is 17.6. The maximum atomic E-state index is 13.7. The summed E-state index contributed by atoms with van der Waals surface area (Å²) in [5, 5.41) is 2.75. The van der Waals surface area contributed by atoms with Gasteiger partial charge >= 0.3 is 0 Å². The molecule has 0 saturated carbocycles. The van der Waals surface area contributed by atoms with Crippen LogP contribution in [0.1, 0.15) is 16.8 Å². The van der Waals surface area contributed by atoms with Gasteiger partial charge in [0.1, 0.15) is 5.82 Å². The monoisotopic (exact) mass is 419 g/mol. The van der Waals surface area contributed by atoms with Gasteiger partial charge in [0.15, 0.2) is 0 Å². The molecule has 160 valence electrons. The van der Waals surface area contributed by atoms with Gasteiger partial charge in [0.05, 0.1) is 19.6 Å². The van der Waals surface area contributed by atoms with Gasteiger partial charge in [0, 0.05) is 48.3 Å². The van der Waals surface area contributed by atoms with Crippen LogP contribution in [0.3, 0.4) is 0 Å².